The van der Waals surface area contributed by atoms with E-state index in [2.05, 4.69) is 29.8 Å². The number of hydrogen-bond acceptors (Lipinski definition) is 7. The van der Waals surface area contributed by atoms with Crippen molar-refractivity contribution in [3.8, 4) is 11.4 Å². The molecule has 0 radical (unpaired) electrons. The van der Waals surface area contributed by atoms with Crippen LogP contribution < -0.4 is 4.90 Å². The number of amides is 1. The van der Waals surface area contributed by atoms with Crippen LogP contribution in [0.3, 0.4) is 0 Å². The monoisotopic (exact) mass is 375 g/mol. The number of aryl methyl sites for hydroxylation is 1. The molecule has 0 saturated carbocycles. The van der Waals surface area contributed by atoms with Crippen LogP contribution in [0.4, 0.5) is 5.82 Å². The second kappa shape index (κ2) is 7.67. The van der Waals surface area contributed by atoms with Crippen molar-refractivity contribution in [3.05, 3.63) is 60.1 Å². The van der Waals surface area contributed by atoms with Crippen LogP contribution in [0, 0.1) is 13.8 Å². The second-order valence-electron chi connectivity index (χ2n) is 6.72. The molecule has 28 heavy (non-hydrogen) atoms. The van der Waals surface area contributed by atoms with Crippen LogP contribution >= 0.6 is 0 Å². The van der Waals surface area contributed by atoms with Gasteiger partial charge in [0, 0.05) is 67.8 Å². The zero-order chi connectivity index (χ0) is 19.5. The maximum absolute atomic E-state index is 12.8. The molecule has 4 heterocycles. The van der Waals surface area contributed by atoms with Crippen molar-refractivity contribution in [1.29, 1.82) is 0 Å². The number of anilines is 1. The first kappa shape index (κ1) is 18.0. The Morgan fingerprint density at radius 1 is 0.929 bits per heavy atom. The molecular weight excluding hydrogens is 354 g/mol. The summed E-state index contributed by atoms with van der Waals surface area (Å²) in [7, 11) is 0. The average molecular weight is 375 g/mol. The molecule has 0 aliphatic carbocycles. The number of piperazine rings is 1. The molecule has 3 aromatic rings. The molecule has 1 fully saturated rings. The first-order valence-corrected chi connectivity index (χ1v) is 9.18. The molecule has 8 heteroatoms. The number of hydrogen-bond donors (Lipinski definition) is 0. The molecule has 0 aromatic carbocycles. The van der Waals surface area contributed by atoms with Crippen molar-refractivity contribution in [3.63, 3.8) is 0 Å². The summed E-state index contributed by atoms with van der Waals surface area (Å²) in [5, 5.41) is 0. The first-order chi connectivity index (χ1) is 13.6. The minimum absolute atomic E-state index is 0.0449. The molecule has 0 N–H and O–H groups in total. The molecule has 0 unspecified atom stereocenters. The van der Waals surface area contributed by atoms with E-state index in [1.165, 1.54) is 0 Å². The third-order valence-electron chi connectivity index (χ3n) is 5.01. The normalized spacial score (nSPS) is 14.2. The highest BCUT2D eigenvalue weighted by Gasteiger charge is 2.24. The number of carbonyl (C=O) groups is 1. The van der Waals surface area contributed by atoms with Crippen molar-refractivity contribution >= 4 is 11.7 Å². The third-order valence-corrected chi connectivity index (χ3v) is 5.01. The Kier molecular flexibility index (Phi) is 4.92. The van der Waals surface area contributed by atoms with Gasteiger partial charge in [-0.2, -0.15) is 0 Å². The van der Waals surface area contributed by atoms with Gasteiger partial charge >= 0.3 is 0 Å². The summed E-state index contributed by atoms with van der Waals surface area (Å²) in [6, 6.07) is 3.68. The largest absolute Gasteiger partial charge is 0.353 e. The van der Waals surface area contributed by atoms with Crippen molar-refractivity contribution in [1.82, 2.24) is 29.8 Å². The highest BCUT2D eigenvalue weighted by molar-refractivity contribution is 5.94. The molecule has 142 valence electrons. The van der Waals surface area contributed by atoms with E-state index < -0.39 is 0 Å². The van der Waals surface area contributed by atoms with E-state index in [1.54, 1.807) is 31.1 Å². The average Bonchev–Trinajstić information content (AvgIpc) is 2.76. The van der Waals surface area contributed by atoms with Crippen LogP contribution in [-0.4, -0.2) is 61.9 Å². The van der Waals surface area contributed by atoms with Gasteiger partial charge in [-0.15, -0.1) is 0 Å². The minimum Gasteiger partial charge on any atom is -0.353 e. The zero-order valence-corrected chi connectivity index (χ0v) is 15.9. The Morgan fingerprint density at radius 3 is 2.29 bits per heavy atom. The predicted molar refractivity (Wildman–Crippen MR) is 105 cm³/mol. The maximum Gasteiger partial charge on any atom is 0.257 e. The predicted octanol–water partition coefficient (Wildman–Crippen LogP) is 1.91. The lowest BCUT2D eigenvalue weighted by atomic mass is 10.2. The highest BCUT2D eigenvalue weighted by Crippen LogP contribution is 2.20. The fraction of sp³-hybridized carbons (Fsp3) is 0.300. The Labute approximate surface area is 163 Å². The van der Waals surface area contributed by atoms with Gasteiger partial charge < -0.3 is 9.80 Å². The summed E-state index contributed by atoms with van der Waals surface area (Å²) in [5.41, 5.74) is 3.44. The molecule has 1 aliphatic rings. The maximum atomic E-state index is 12.8. The molecule has 1 amide bonds. The van der Waals surface area contributed by atoms with E-state index in [0.29, 0.717) is 24.5 Å². The SMILES string of the molecule is Cc1ncnc(N2CCN(C(=O)c3cnc(-c4ccncc4)nc3)CC2)c1C. The lowest BCUT2D eigenvalue weighted by Gasteiger charge is -2.36. The summed E-state index contributed by atoms with van der Waals surface area (Å²) in [6.45, 7) is 6.75. The summed E-state index contributed by atoms with van der Waals surface area (Å²) in [6.07, 6.45) is 8.16. The minimum atomic E-state index is -0.0449. The van der Waals surface area contributed by atoms with Gasteiger partial charge in [-0.05, 0) is 26.0 Å². The molecule has 0 spiro atoms. The van der Waals surface area contributed by atoms with E-state index in [1.807, 2.05) is 30.9 Å². The van der Waals surface area contributed by atoms with Gasteiger partial charge in [-0.1, -0.05) is 0 Å². The molecule has 0 bridgehead atoms. The Bertz CT molecular complexity index is 968. The number of pyridine rings is 1. The number of carbonyl (C=O) groups excluding carboxylic acids is 1. The summed E-state index contributed by atoms with van der Waals surface area (Å²) in [4.78, 5) is 38.1. The van der Waals surface area contributed by atoms with Crippen LogP contribution in [0.15, 0.2) is 43.2 Å². The number of rotatable bonds is 3. The summed E-state index contributed by atoms with van der Waals surface area (Å²) in [5.74, 6) is 1.49. The molecular formula is C20H21N7O. The lowest BCUT2D eigenvalue weighted by Crippen LogP contribution is -2.49. The molecule has 8 nitrogen and oxygen atoms in total. The zero-order valence-electron chi connectivity index (χ0n) is 15.9. The summed E-state index contributed by atoms with van der Waals surface area (Å²) < 4.78 is 0. The smallest absolute Gasteiger partial charge is 0.257 e. The molecule has 4 rings (SSSR count). The van der Waals surface area contributed by atoms with E-state index >= 15 is 0 Å². The van der Waals surface area contributed by atoms with Gasteiger partial charge in [-0.3, -0.25) is 9.78 Å². The molecule has 0 atom stereocenters. The Morgan fingerprint density at radius 2 is 1.61 bits per heavy atom. The van der Waals surface area contributed by atoms with Crippen LogP contribution in [0.1, 0.15) is 21.6 Å². The molecule has 1 saturated heterocycles. The number of aromatic nitrogens is 5. The van der Waals surface area contributed by atoms with Crippen LogP contribution in [0.25, 0.3) is 11.4 Å². The van der Waals surface area contributed by atoms with Crippen LogP contribution in [0.5, 0.6) is 0 Å². The van der Waals surface area contributed by atoms with Gasteiger partial charge in [0.05, 0.1) is 5.56 Å². The van der Waals surface area contributed by atoms with Crippen LogP contribution in [0.2, 0.25) is 0 Å². The molecule has 1 aliphatic heterocycles. The topological polar surface area (TPSA) is 88.0 Å². The van der Waals surface area contributed by atoms with Crippen molar-refractivity contribution in [2.45, 2.75) is 13.8 Å². The van der Waals surface area contributed by atoms with E-state index in [4.69, 9.17) is 0 Å². The van der Waals surface area contributed by atoms with Gasteiger partial charge in [0.2, 0.25) is 0 Å². The number of nitrogens with zero attached hydrogens (tertiary/aromatic N) is 7. The van der Waals surface area contributed by atoms with Crippen molar-refractivity contribution in [2.75, 3.05) is 31.1 Å². The fourth-order valence-corrected chi connectivity index (χ4v) is 3.24. The van der Waals surface area contributed by atoms with Gasteiger partial charge in [0.25, 0.3) is 5.91 Å². The van der Waals surface area contributed by atoms with Gasteiger partial charge in [0.1, 0.15) is 12.1 Å². The standard InChI is InChI=1S/C20H21N7O/c1-14-15(2)24-13-25-19(14)26-7-9-27(10-8-26)20(28)17-11-22-18(23-12-17)16-3-5-21-6-4-16/h3-6,11-13H,7-10H2,1-2H3. The van der Waals surface area contributed by atoms with E-state index in [0.717, 1.165) is 35.7 Å². The third kappa shape index (κ3) is 3.53. The Balaban J connectivity index is 1.42. The van der Waals surface area contributed by atoms with E-state index in [-0.39, 0.29) is 5.91 Å². The lowest BCUT2D eigenvalue weighted by molar-refractivity contribution is 0.0745. The first-order valence-electron chi connectivity index (χ1n) is 9.18. The van der Waals surface area contributed by atoms with Crippen molar-refractivity contribution in [2.24, 2.45) is 0 Å². The summed E-state index contributed by atoms with van der Waals surface area (Å²) >= 11 is 0. The quantitative estimate of drug-likeness (QED) is 0.691. The van der Waals surface area contributed by atoms with E-state index in [9.17, 15) is 4.79 Å². The second-order valence-corrected chi connectivity index (χ2v) is 6.72. The molecule has 3 aromatic heterocycles. The highest BCUT2D eigenvalue weighted by atomic mass is 16.2. The van der Waals surface area contributed by atoms with Gasteiger partial charge in [0.15, 0.2) is 5.82 Å². The van der Waals surface area contributed by atoms with Gasteiger partial charge in [-0.25, -0.2) is 19.9 Å². The van der Waals surface area contributed by atoms with Crippen molar-refractivity contribution < 1.29 is 4.79 Å². The van der Waals surface area contributed by atoms with Crippen LogP contribution in [-0.2, 0) is 0 Å². The Hall–Kier alpha value is -3.42. The fourth-order valence-electron chi connectivity index (χ4n) is 3.24.